The summed E-state index contributed by atoms with van der Waals surface area (Å²) in [5.41, 5.74) is 0.126. The van der Waals surface area contributed by atoms with E-state index in [-0.39, 0.29) is 36.0 Å². The maximum Gasteiger partial charge on any atom is 0.191 e. The van der Waals surface area contributed by atoms with E-state index < -0.39 is 0 Å². The molecule has 0 aliphatic carbocycles. The molecule has 0 aromatic rings. The van der Waals surface area contributed by atoms with E-state index in [0.29, 0.717) is 6.04 Å². The highest BCUT2D eigenvalue weighted by Crippen LogP contribution is 2.30. The van der Waals surface area contributed by atoms with Crippen LogP contribution in [0.2, 0.25) is 0 Å². The Bertz CT molecular complexity index is 367. The highest BCUT2D eigenvalue weighted by molar-refractivity contribution is 14.0. The van der Waals surface area contributed by atoms with Crippen molar-refractivity contribution in [1.82, 2.24) is 15.5 Å². The van der Waals surface area contributed by atoms with Crippen LogP contribution in [0.1, 0.15) is 72.6 Å². The highest BCUT2D eigenvalue weighted by atomic mass is 127. The molecule has 1 saturated heterocycles. The van der Waals surface area contributed by atoms with E-state index in [1.54, 1.807) is 0 Å². The first-order valence-electron chi connectivity index (χ1n) is 10.5. The number of nitrogens with one attached hydrogen (secondary N) is 2. The van der Waals surface area contributed by atoms with Crippen molar-refractivity contribution in [3.05, 3.63) is 0 Å². The van der Waals surface area contributed by atoms with E-state index >= 15 is 0 Å². The van der Waals surface area contributed by atoms with Crippen LogP contribution < -0.4 is 10.6 Å². The lowest BCUT2D eigenvalue weighted by Crippen LogP contribution is -2.49. The molecule has 3 N–H and O–H groups in total. The molecule has 0 bridgehead atoms. The number of hydrogen-bond acceptors (Lipinski definition) is 3. The second kappa shape index (κ2) is 14.9. The summed E-state index contributed by atoms with van der Waals surface area (Å²) >= 11 is 0. The molecule has 1 heterocycles. The normalized spacial score (nSPS) is 17.0. The first-order chi connectivity index (χ1) is 12.1. The molecule has 5 nitrogen and oxygen atoms in total. The number of nitrogens with zero attached hydrogens (tertiary/aromatic N) is 2. The van der Waals surface area contributed by atoms with Crippen LogP contribution >= 0.6 is 24.0 Å². The third-order valence-electron chi connectivity index (χ3n) is 5.82. The van der Waals surface area contributed by atoms with Gasteiger partial charge in [0.1, 0.15) is 0 Å². The number of aliphatic hydroxyl groups excluding tert-OH is 1. The highest BCUT2D eigenvalue weighted by Gasteiger charge is 2.26. The molecule has 6 heteroatoms. The molecule has 0 radical (unpaired) electrons. The number of unbranched alkanes of at least 4 members (excludes halogenated alkanes) is 1. The van der Waals surface area contributed by atoms with Crippen molar-refractivity contribution < 1.29 is 5.11 Å². The zero-order valence-corrected chi connectivity index (χ0v) is 19.8. The third-order valence-corrected chi connectivity index (χ3v) is 5.82. The summed E-state index contributed by atoms with van der Waals surface area (Å²) in [5.74, 6) is 0.943. The molecule has 1 fully saturated rings. The van der Waals surface area contributed by atoms with Crippen molar-refractivity contribution >= 4 is 29.9 Å². The van der Waals surface area contributed by atoms with Crippen LogP contribution in [0.15, 0.2) is 4.99 Å². The standard InChI is InChI=1S/C20H42N4O.HI/c1-5-9-13-24-14-10-18(11-15-24)23-19(21-8-4)22-17-20(6-2,7-3)12-16-25;/h18,25H,5-17H2,1-4H3,(H2,21,22,23);1H. The molecule has 156 valence electrons. The number of guanidine groups is 1. The van der Waals surface area contributed by atoms with Gasteiger partial charge in [0.05, 0.1) is 0 Å². The van der Waals surface area contributed by atoms with Crippen LogP contribution in [0.3, 0.4) is 0 Å². The van der Waals surface area contributed by atoms with E-state index in [1.165, 1.54) is 45.3 Å². The smallest absolute Gasteiger partial charge is 0.191 e. The molecular formula is C20H43IN4O. The zero-order chi connectivity index (χ0) is 18.5. The largest absolute Gasteiger partial charge is 0.396 e. The Kier molecular flexibility index (Phi) is 14.9. The minimum Gasteiger partial charge on any atom is -0.396 e. The number of piperidine rings is 1. The monoisotopic (exact) mass is 482 g/mol. The second-order valence-corrected chi connectivity index (χ2v) is 7.49. The number of halogens is 1. The summed E-state index contributed by atoms with van der Waals surface area (Å²) in [4.78, 5) is 7.47. The molecule has 0 spiro atoms. The molecule has 1 rings (SSSR count). The van der Waals surface area contributed by atoms with Crippen molar-refractivity contribution in [2.24, 2.45) is 10.4 Å². The Morgan fingerprint density at radius 1 is 1.15 bits per heavy atom. The molecule has 26 heavy (non-hydrogen) atoms. The zero-order valence-electron chi connectivity index (χ0n) is 17.5. The summed E-state index contributed by atoms with van der Waals surface area (Å²) in [6, 6.07) is 0.520. The number of likely N-dealkylation sites (tertiary alicyclic amines) is 1. The van der Waals surface area contributed by atoms with Gasteiger partial charge < -0.3 is 20.6 Å². The molecule has 1 aliphatic rings. The van der Waals surface area contributed by atoms with E-state index in [9.17, 15) is 5.11 Å². The molecule has 0 atom stereocenters. The Balaban J connectivity index is 0.00000625. The predicted octanol–water partition coefficient (Wildman–Crippen LogP) is 3.61. The molecular weight excluding hydrogens is 439 g/mol. The number of aliphatic imine (C=N–C) groups is 1. The third kappa shape index (κ3) is 9.22. The fraction of sp³-hybridized carbons (Fsp3) is 0.950. The summed E-state index contributed by atoms with van der Waals surface area (Å²) in [6.07, 6.45) is 7.92. The lowest BCUT2D eigenvalue weighted by Gasteiger charge is -2.33. The van der Waals surface area contributed by atoms with E-state index in [4.69, 9.17) is 4.99 Å². The van der Waals surface area contributed by atoms with Crippen LogP contribution in [0, 0.1) is 5.41 Å². The summed E-state index contributed by atoms with van der Waals surface area (Å²) in [7, 11) is 0. The van der Waals surface area contributed by atoms with Gasteiger partial charge in [-0.05, 0) is 57.4 Å². The molecule has 0 amide bonds. The average Bonchev–Trinajstić information content (AvgIpc) is 2.64. The van der Waals surface area contributed by atoms with Crippen molar-refractivity contribution in [1.29, 1.82) is 0 Å². The second-order valence-electron chi connectivity index (χ2n) is 7.49. The number of rotatable bonds is 11. The van der Waals surface area contributed by atoms with Gasteiger partial charge in [-0.2, -0.15) is 0 Å². The van der Waals surface area contributed by atoms with E-state index in [1.807, 2.05) is 0 Å². The lowest BCUT2D eigenvalue weighted by molar-refractivity contribution is 0.175. The Morgan fingerprint density at radius 2 is 1.81 bits per heavy atom. The number of aliphatic hydroxyl groups is 1. The Morgan fingerprint density at radius 3 is 2.31 bits per heavy atom. The van der Waals surface area contributed by atoms with E-state index in [2.05, 4.69) is 43.2 Å². The quantitative estimate of drug-likeness (QED) is 0.239. The molecule has 0 saturated carbocycles. The van der Waals surface area contributed by atoms with Crippen molar-refractivity contribution in [3.8, 4) is 0 Å². The van der Waals surface area contributed by atoms with Gasteiger partial charge in [-0.3, -0.25) is 4.99 Å². The van der Waals surface area contributed by atoms with Crippen LogP contribution in [-0.2, 0) is 0 Å². The van der Waals surface area contributed by atoms with Gasteiger partial charge in [0.25, 0.3) is 0 Å². The predicted molar refractivity (Wildman–Crippen MR) is 124 cm³/mol. The summed E-state index contributed by atoms with van der Waals surface area (Å²) in [5, 5.41) is 16.4. The minimum atomic E-state index is 0. The summed E-state index contributed by atoms with van der Waals surface area (Å²) < 4.78 is 0. The van der Waals surface area contributed by atoms with Crippen molar-refractivity contribution in [2.45, 2.75) is 78.7 Å². The van der Waals surface area contributed by atoms with Gasteiger partial charge in [-0.25, -0.2) is 0 Å². The first kappa shape index (κ1) is 25.9. The van der Waals surface area contributed by atoms with Gasteiger partial charge in [-0.1, -0.05) is 27.2 Å². The average molecular weight is 482 g/mol. The van der Waals surface area contributed by atoms with E-state index in [0.717, 1.165) is 38.3 Å². The van der Waals surface area contributed by atoms with Crippen molar-refractivity contribution in [3.63, 3.8) is 0 Å². The van der Waals surface area contributed by atoms with Crippen molar-refractivity contribution in [2.75, 3.05) is 39.3 Å². The fourth-order valence-electron chi connectivity index (χ4n) is 3.59. The maximum absolute atomic E-state index is 9.40. The lowest BCUT2D eigenvalue weighted by atomic mass is 9.79. The minimum absolute atomic E-state index is 0. The molecule has 0 unspecified atom stereocenters. The van der Waals surface area contributed by atoms with Gasteiger partial charge in [0, 0.05) is 38.8 Å². The molecule has 1 aliphatic heterocycles. The fourth-order valence-corrected chi connectivity index (χ4v) is 3.59. The molecule has 0 aromatic carbocycles. The Labute approximate surface area is 178 Å². The van der Waals surface area contributed by atoms with Crippen LogP contribution in [0.25, 0.3) is 0 Å². The molecule has 0 aromatic heterocycles. The van der Waals surface area contributed by atoms with Crippen LogP contribution in [0.5, 0.6) is 0 Å². The van der Waals surface area contributed by atoms with Gasteiger partial charge in [-0.15, -0.1) is 24.0 Å². The summed E-state index contributed by atoms with van der Waals surface area (Å²) in [6.45, 7) is 14.3. The first-order valence-corrected chi connectivity index (χ1v) is 10.5. The number of hydrogen-bond donors (Lipinski definition) is 3. The van der Waals surface area contributed by atoms with Gasteiger partial charge >= 0.3 is 0 Å². The van der Waals surface area contributed by atoms with Gasteiger partial charge in [0.2, 0.25) is 0 Å². The topological polar surface area (TPSA) is 59.9 Å². The van der Waals surface area contributed by atoms with Crippen LogP contribution in [0.4, 0.5) is 0 Å². The van der Waals surface area contributed by atoms with Gasteiger partial charge in [0.15, 0.2) is 5.96 Å². The van der Waals surface area contributed by atoms with Crippen LogP contribution in [-0.4, -0.2) is 61.3 Å². The Hall–Kier alpha value is -0.0800. The maximum atomic E-state index is 9.40. The SMILES string of the molecule is CCCCN1CCC(NC(=NCC(CC)(CC)CCO)NCC)CC1.I.